The number of halogens is 1. The van der Waals surface area contributed by atoms with E-state index in [9.17, 15) is 4.79 Å². The second-order valence-corrected chi connectivity index (χ2v) is 4.99. The van der Waals surface area contributed by atoms with E-state index in [0.29, 0.717) is 17.8 Å². The standard InChI is InChI=1S/C12H16BrN3O/c1-8(13)7-15-11-6-9(4-5-10(11)14)12(17)16(2)3/h4-6,15H,1,7,14H2,2-3H3. The van der Waals surface area contributed by atoms with Crippen LogP contribution in [0.4, 0.5) is 11.4 Å². The highest BCUT2D eigenvalue weighted by Gasteiger charge is 2.09. The fraction of sp³-hybridized carbons (Fsp3) is 0.250. The number of carbonyl (C=O) groups is 1. The zero-order valence-corrected chi connectivity index (χ0v) is 11.5. The lowest BCUT2D eigenvalue weighted by Gasteiger charge is -2.13. The Morgan fingerprint density at radius 2 is 2.18 bits per heavy atom. The SMILES string of the molecule is C=C(Br)CNc1cc(C(=O)N(C)C)ccc1N. The van der Waals surface area contributed by atoms with E-state index in [4.69, 9.17) is 5.73 Å². The number of hydrogen-bond donors (Lipinski definition) is 2. The molecule has 0 heterocycles. The Labute approximate surface area is 110 Å². The monoisotopic (exact) mass is 297 g/mol. The maximum absolute atomic E-state index is 11.8. The Bertz CT molecular complexity index is 443. The first kappa shape index (κ1) is 13.6. The van der Waals surface area contributed by atoms with Crippen LogP contribution in [-0.4, -0.2) is 31.4 Å². The van der Waals surface area contributed by atoms with Crippen molar-refractivity contribution in [3.05, 3.63) is 34.8 Å². The summed E-state index contributed by atoms with van der Waals surface area (Å²) in [5.41, 5.74) is 7.76. The smallest absolute Gasteiger partial charge is 0.253 e. The highest BCUT2D eigenvalue weighted by atomic mass is 79.9. The van der Waals surface area contributed by atoms with Crippen LogP contribution in [0.5, 0.6) is 0 Å². The molecule has 0 fully saturated rings. The highest BCUT2D eigenvalue weighted by molar-refractivity contribution is 9.11. The van der Waals surface area contributed by atoms with Crippen LogP contribution < -0.4 is 11.1 Å². The van der Waals surface area contributed by atoms with Crippen LogP contribution >= 0.6 is 15.9 Å². The van der Waals surface area contributed by atoms with E-state index in [0.717, 1.165) is 10.2 Å². The van der Waals surface area contributed by atoms with Crippen molar-refractivity contribution in [3.63, 3.8) is 0 Å². The number of anilines is 2. The lowest BCUT2D eigenvalue weighted by Crippen LogP contribution is -2.21. The van der Waals surface area contributed by atoms with E-state index < -0.39 is 0 Å². The van der Waals surface area contributed by atoms with Crippen LogP contribution in [0.2, 0.25) is 0 Å². The predicted molar refractivity (Wildman–Crippen MR) is 75.4 cm³/mol. The minimum absolute atomic E-state index is 0.0503. The number of nitrogen functional groups attached to an aromatic ring is 1. The molecule has 0 spiro atoms. The summed E-state index contributed by atoms with van der Waals surface area (Å²) >= 11 is 3.25. The summed E-state index contributed by atoms with van der Waals surface area (Å²) in [4.78, 5) is 13.3. The van der Waals surface area contributed by atoms with Gasteiger partial charge in [-0.25, -0.2) is 0 Å². The zero-order valence-electron chi connectivity index (χ0n) is 9.96. The number of benzene rings is 1. The summed E-state index contributed by atoms with van der Waals surface area (Å²) in [5.74, 6) is -0.0503. The van der Waals surface area contributed by atoms with Gasteiger partial charge in [0.2, 0.25) is 0 Å². The first-order chi connectivity index (χ1) is 7.91. The third-order valence-electron chi connectivity index (χ3n) is 2.18. The zero-order chi connectivity index (χ0) is 13.0. The van der Waals surface area contributed by atoms with E-state index in [1.807, 2.05) is 0 Å². The molecule has 0 radical (unpaired) electrons. The molecule has 92 valence electrons. The maximum Gasteiger partial charge on any atom is 0.253 e. The summed E-state index contributed by atoms with van der Waals surface area (Å²) < 4.78 is 0.821. The van der Waals surface area contributed by atoms with Gasteiger partial charge in [0.25, 0.3) is 5.91 Å². The molecule has 1 aromatic rings. The predicted octanol–water partition coefficient (Wildman–Crippen LogP) is 2.29. The Balaban J connectivity index is 2.94. The Morgan fingerprint density at radius 1 is 1.53 bits per heavy atom. The first-order valence-electron chi connectivity index (χ1n) is 5.10. The number of rotatable bonds is 4. The summed E-state index contributed by atoms with van der Waals surface area (Å²) in [7, 11) is 3.43. The van der Waals surface area contributed by atoms with Gasteiger partial charge in [-0.05, 0) is 18.2 Å². The van der Waals surface area contributed by atoms with Crippen LogP contribution in [0.1, 0.15) is 10.4 Å². The second kappa shape index (κ2) is 5.72. The molecule has 3 N–H and O–H groups in total. The van der Waals surface area contributed by atoms with Crippen molar-refractivity contribution in [2.75, 3.05) is 31.7 Å². The van der Waals surface area contributed by atoms with Crippen molar-refractivity contribution in [1.82, 2.24) is 4.90 Å². The molecule has 0 atom stereocenters. The quantitative estimate of drug-likeness (QED) is 0.839. The van der Waals surface area contributed by atoms with Crippen LogP contribution in [0.15, 0.2) is 29.3 Å². The third kappa shape index (κ3) is 3.78. The molecule has 4 nitrogen and oxygen atoms in total. The molecule has 0 bridgehead atoms. The van der Waals surface area contributed by atoms with Crippen LogP contribution in [-0.2, 0) is 0 Å². The molecule has 0 aliphatic heterocycles. The molecule has 0 saturated heterocycles. The van der Waals surface area contributed by atoms with Gasteiger partial charge >= 0.3 is 0 Å². The average molecular weight is 298 g/mol. The summed E-state index contributed by atoms with van der Waals surface area (Å²) in [6.45, 7) is 4.28. The Morgan fingerprint density at radius 3 is 2.71 bits per heavy atom. The molecule has 0 aliphatic carbocycles. The van der Waals surface area contributed by atoms with Crippen molar-refractivity contribution >= 4 is 33.2 Å². The summed E-state index contributed by atoms with van der Waals surface area (Å²) in [6.07, 6.45) is 0. The number of nitrogens with two attached hydrogens (primary N) is 1. The van der Waals surface area contributed by atoms with Crippen molar-refractivity contribution in [3.8, 4) is 0 Å². The molecule has 5 heteroatoms. The largest absolute Gasteiger partial charge is 0.397 e. The van der Waals surface area contributed by atoms with Crippen LogP contribution in [0.25, 0.3) is 0 Å². The van der Waals surface area contributed by atoms with E-state index in [1.54, 1.807) is 32.3 Å². The van der Waals surface area contributed by atoms with Gasteiger partial charge < -0.3 is 16.0 Å². The fourth-order valence-corrected chi connectivity index (χ4v) is 1.43. The average Bonchev–Trinajstić information content (AvgIpc) is 2.26. The highest BCUT2D eigenvalue weighted by Crippen LogP contribution is 2.21. The molecular formula is C12H16BrN3O. The van der Waals surface area contributed by atoms with Gasteiger partial charge in [-0.3, -0.25) is 4.79 Å². The molecule has 0 saturated carbocycles. The third-order valence-corrected chi connectivity index (χ3v) is 2.46. The molecule has 1 aromatic carbocycles. The molecule has 17 heavy (non-hydrogen) atoms. The topological polar surface area (TPSA) is 58.4 Å². The van der Waals surface area contributed by atoms with Gasteiger partial charge in [-0.1, -0.05) is 22.5 Å². The summed E-state index contributed by atoms with van der Waals surface area (Å²) in [6, 6.07) is 5.18. The van der Waals surface area contributed by atoms with Crippen LogP contribution in [0.3, 0.4) is 0 Å². The van der Waals surface area contributed by atoms with Gasteiger partial charge in [-0.2, -0.15) is 0 Å². The Hall–Kier alpha value is -1.49. The van der Waals surface area contributed by atoms with Crippen molar-refractivity contribution in [2.45, 2.75) is 0 Å². The normalized spacial score (nSPS) is 9.82. The summed E-state index contributed by atoms with van der Waals surface area (Å²) in [5, 5.41) is 3.10. The van der Waals surface area contributed by atoms with Crippen molar-refractivity contribution < 1.29 is 4.79 Å². The van der Waals surface area contributed by atoms with E-state index in [-0.39, 0.29) is 5.91 Å². The molecule has 0 aromatic heterocycles. The Kier molecular flexibility index (Phi) is 4.57. The maximum atomic E-state index is 11.8. The lowest BCUT2D eigenvalue weighted by atomic mass is 10.1. The first-order valence-corrected chi connectivity index (χ1v) is 5.89. The number of hydrogen-bond acceptors (Lipinski definition) is 3. The van der Waals surface area contributed by atoms with Crippen molar-refractivity contribution in [1.29, 1.82) is 0 Å². The molecule has 1 rings (SSSR count). The van der Waals surface area contributed by atoms with E-state index in [2.05, 4.69) is 27.8 Å². The number of nitrogens with one attached hydrogen (secondary N) is 1. The molecular weight excluding hydrogens is 282 g/mol. The fourth-order valence-electron chi connectivity index (χ4n) is 1.29. The number of carbonyl (C=O) groups excluding carboxylic acids is 1. The van der Waals surface area contributed by atoms with Gasteiger partial charge in [0.05, 0.1) is 11.4 Å². The molecule has 1 amide bonds. The van der Waals surface area contributed by atoms with E-state index >= 15 is 0 Å². The number of amides is 1. The van der Waals surface area contributed by atoms with Gasteiger partial charge in [0.15, 0.2) is 0 Å². The van der Waals surface area contributed by atoms with Gasteiger partial charge in [0, 0.05) is 30.7 Å². The second-order valence-electron chi connectivity index (χ2n) is 3.87. The van der Waals surface area contributed by atoms with Crippen molar-refractivity contribution in [2.24, 2.45) is 0 Å². The van der Waals surface area contributed by atoms with Crippen LogP contribution in [0, 0.1) is 0 Å². The van der Waals surface area contributed by atoms with Gasteiger partial charge in [-0.15, -0.1) is 0 Å². The lowest BCUT2D eigenvalue weighted by molar-refractivity contribution is 0.0827. The number of nitrogens with zero attached hydrogens (tertiary/aromatic N) is 1. The van der Waals surface area contributed by atoms with Gasteiger partial charge in [0.1, 0.15) is 0 Å². The minimum atomic E-state index is -0.0503. The molecule has 0 unspecified atom stereocenters. The van der Waals surface area contributed by atoms with E-state index in [1.165, 1.54) is 4.90 Å². The minimum Gasteiger partial charge on any atom is -0.397 e. The molecule has 0 aliphatic rings.